The van der Waals surface area contributed by atoms with Gasteiger partial charge in [0.05, 0.1) is 28.5 Å². The van der Waals surface area contributed by atoms with Crippen LogP contribution in [0.4, 0.5) is 5.69 Å². The number of nitrogens with one attached hydrogen (secondary N) is 1. The highest BCUT2D eigenvalue weighted by Gasteiger charge is 2.12. The van der Waals surface area contributed by atoms with E-state index < -0.39 is 0 Å². The van der Waals surface area contributed by atoms with Crippen molar-refractivity contribution in [2.45, 2.75) is 19.9 Å². The van der Waals surface area contributed by atoms with Crippen LogP contribution in [0.2, 0.25) is 0 Å². The van der Waals surface area contributed by atoms with Crippen molar-refractivity contribution in [3.63, 3.8) is 0 Å². The SMILES string of the molecule is Cc1ncsc1C(C)Nc1cccc2cc(Br)cnc12. The van der Waals surface area contributed by atoms with Gasteiger partial charge < -0.3 is 5.32 Å². The zero-order valence-corrected chi connectivity index (χ0v) is 13.6. The first-order valence-electron chi connectivity index (χ1n) is 6.36. The molecule has 2 aromatic heterocycles. The summed E-state index contributed by atoms with van der Waals surface area (Å²) in [6, 6.07) is 8.48. The van der Waals surface area contributed by atoms with E-state index in [2.05, 4.69) is 56.3 Å². The molecule has 0 aliphatic heterocycles. The molecule has 0 aliphatic rings. The summed E-state index contributed by atoms with van der Waals surface area (Å²) >= 11 is 5.14. The second-order valence-corrected chi connectivity index (χ2v) is 6.50. The van der Waals surface area contributed by atoms with Crippen LogP contribution in [0.15, 0.2) is 40.4 Å². The number of para-hydroxylation sites is 1. The van der Waals surface area contributed by atoms with Gasteiger partial charge in [0.2, 0.25) is 0 Å². The Labute approximate surface area is 130 Å². The third-order valence-corrected chi connectivity index (χ3v) is 4.77. The number of pyridine rings is 1. The molecule has 0 saturated carbocycles. The van der Waals surface area contributed by atoms with Crippen molar-refractivity contribution < 1.29 is 0 Å². The van der Waals surface area contributed by atoms with E-state index in [4.69, 9.17) is 0 Å². The molecule has 3 rings (SSSR count). The highest BCUT2D eigenvalue weighted by atomic mass is 79.9. The average molecular weight is 348 g/mol. The lowest BCUT2D eigenvalue weighted by atomic mass is 10.1. The molecule has 3 nitrogen and oxygen atoms in total. The van der Waals surface area contributed by atoms with Crippen molar-refractivity contribution in [2.75, 3.05) is 5.32 Å². The molecule has 102 valence electrons. The number of hydrogen-bond donors (Lipinski definition) is 1. The van der Waals surface area contributed by atoms with Crippen LogP contribution in [-0.4, -0.2) is 9.97 Å². The Bertz CT molecular complexity index is 754. The lowest BCUT2D eigenvalue weighted by Gasteiger charge is -2.15. The van der Waals surface area contributed by atoms with E-state index in [1.165, 1.54) is 4.88 Å². The Morgan fingerprint density at radius 2 is 2.15 bits per heavy atom. The summed E-state index contributed by atoms with van der Waals surface area (Å²) in [6.45, 7) is 4.20. The fourth-order valence-electron chi connectivity index (χ4n) is 2.28. The minimum atomic E-state index is 0.221. The third-order valence-electron chi connectivity index (χ3n) is 3.23. The summed E-state index contributed by atoms with van der Waals surface area (Å²) < 4.78 is 0.994. The summed E-state index contributed by atoms with van der Waals surface area (Å²) in [5, 5.41) is 4.66. The molecular formula is C15H14BrN3S. The van der Waals surface area contributed by atoms with Crippen LogP contribution in [-0.2, 0) is 0 Å². The second-order valence-electron chi connectivity index (χ2n) is 4.70. The zero-order valence-electron chi connectivity index (χ0n) is 11.2. The Morgan fingerprint density at radius 1 is 1.30 bits per heavy atom. The molecule has 1 aromatic carbocycles. The second kappa shape index (κ2) is 5.50. The van der Waals surface area contributed by atoms with E-state index in [1.807, 2.05) is 24.7 Å². The number of hydrogen-bond acceptors (Lipinski definition) is 4. The van der Waals surface area contributed by atoms with Crippen molar-refractivity contribution in [1.29, 1.82) is 0 Å². The van der Waals surface area contributed by atoms with Crippen LogP contribution >= 0.6 is 27.3 Å². The average Bonchev–Trinajstić information content (AvgIpc) is 2.85. The summed E-state index contributed by atoms with van der Waals surface area (Å²) in [6.07, 6.45) is 1.83. The lowest BCUT2D eigenvalue weighted by Crippen LogP contribution is -2.07. The molecule has 0 aliphatic carbocycles. The minimum absolute atomic E-state index is 0.221. The molecule has 0 fully saturated rings. The molecule has 1 unspecified atom stereocenters. The predicted octanol–water partition coefficient (Wildman–Crippen LogP) is 4.94. The molecule has 3 aromatic rings. The van der Waals surface area contributed by atoms with Crippen LogP contribution < -0.4 is 5.32 Å². The number of anilines is 1. The molecule has 0 radical (unpaired) electrons. The van der Waals surface area contributed by atoms with Gasteiger partial charge in [0, 0.05) is 20.9 Å². The minimum Gasteiger partial charge on any atom is -0.376 e. The van der Waals surface area contributed by atoms with Crippen LogP contribution in [0.1, 0.15) is 23.5 Å². The van der Waals surface area contributed by atoms with E-state index >= 15 is 0 Å². The normalized spacial score (nSPS) is 12.6. The number of aryl methyl sites for hydroxylation is 1. The smallest absolute Gasteiger partial charge is 0.0934 e. The fourth-order valence-corrected chi connectivity index (χ4v) is 3.44. The van der Waals surface area contributed by atoms with E-state index in [1.54, 1.807) is 11.3 Å². The predicted molar refractivity (Wildman–Crippen MR) is 88.3 cm³/mol. The van der Waals surface area contributed by atoms with Gasteiger partial charge in [-0.15, -0.1) is 11.3 Å². The van der Waals surface area contributed by atoms with Crippen molar-refractivity contribution in [1.82, 2.24) is 9.97 Å². The Hall–Kier alpha value is -1.46. The standard InChI is InChI=1S/C15H14BrN3S/c1-9-15(20-8-18-9)10(2)19-13-5-3-4-11-6-12(16)7-17-14(11)13/h3-8,10,19H,1-2H3. The van der Waals surface area contributed by atoms with Crippen LogP contribution in [0.5, 0.6) is 0 Å². The molecule has 0 bridgehead atoms. The largest absolute Gasteiger partial charge is 0.376 e. The van der Waals surface area contributed by atoms with Gasteiger partial charge in [0.15, 0.2) is 0 Å². The Kier molecular flexibility index (Phi) is 3.72. The quantitative estimate of drug-likeness (QED) is 0.729. The number of thiazole rings is 1. The number of halogens is 1. The molecule has 2 heterocycles. The van der Waals surface area contributed by atoms with Gasteiger partial charge in [-0.3, -0.25) is 4.98 Å². The Balaban J connectivity index is 1.97. The maximum Gasteiger partial charge on any atom is 0.0934 e. The highest BCUT2D eigenvalue weighted by Crippen LogP contribution is 2.29. The number of rotatable bonds is 3. The molecule has 5 heteroatoms. The topological polar surface area (TPSA) is 37.8 Å². The van der Waals surface area contributed by atoms with Crippen LogP contribution in [0.3, 0.4) is 0 Å². The molecular weight excluding hydrogens is 334 g/mol. The number of benzene rings is 1. The molecule has 0 spiro atoms. The Morgan fingerprint density at radius 3 is 2.90 bits per heavy atom. The van der Waals surface area contributed by atoms with Crippen molar-refractivity contribution >= 4 is 43.9 Å². The van der Waals surface area contributed by atoms with Crippen LogP contribution in [0, 0.1) is 6.92 Å². The molecule has 1 N–H and O–H groups in total. The van der Waals surface area contributed by atoms with Gasteiger partial charge in [0.1, 0.15) is 0 Å². The van der Waals surface area contributed by atoms with E-state index in [0.29, 0.717) is 0 Å². The summed E-state index contributed by atoms with van der Waals surface area (Å²) in [5.41, 5.74) is 5.02. The van der Waals surface area contributed by atoms with Crippen molar-refractivity contribution in [3.8, 4) is 0 Å². The van der Waals surface area contributed by atoms with Gasteiger partial charge in [-0.1, -0.05) is 12.1 Å². The van der Waals surface area contributed by atoms with Crippen molar-refractivity contribution in [2.24, 2.45) is 0 Å². The molecule has 1 atom stereocenters. The van der Waals surface area contributed by atoms with E-state index in [9.17, 15) is 0 Å². The monoisotopic (exact) mass is 347 g/mol. The van der Waals surface area contributed by atoms with Gasteiger partial charge in [-0.25, -0.2) is 4.98 Å². The molecule has 20 heavy (non-hydrogen) atoms. The number of fused-ring (bicyclic) bond motifs is 1. The highest BCUT2D eigenvalue weighted by molar-refractivity contribution is 9.10. The van der Waals surface area contributed by atoms with E-state index in [-0.39, 0.29) is 6.04 Å². The molecule has 0 saturated heterocycles. The summed E-state index contributed by atoms with van der Waals surface area (Å²) in [7, 11) is 0. The molecule has 0 amide bonds. The zero-order chi connectivity index (χ0) is 14.1. The first-order chi connectivity index (χ1) is 9.65. The maximum atomic E-state index is 4.52. The summed E-state index contributed by atoms with van der Waals surface area (Å²) in [5.74, 6) is 0. The number of aromatic nitrogens is 2. The van der Waals surface area contributed by atoms with Crippen molar-refractivity contribution in [3.05, 3.63) is 51.0 Å². The fraction of sp³-hybridized carbons (Fsp3) is 0.200. The van der Waals surface area contributed by atoms with Gasteiger partial charge >= 0.3 is 0 Å². The maximum absolute atomic E-state index is 4.52. The third kappa shape index (κ3) is 2.55. The van der Waals surface area contributed by atoms with Crippen LogP contribution in [0.25, 0.3) is 10.9 Å². The van der Waals surface area contributed by atoms with Gasteiger partial charge in [0.25, 0.3) is 0 Å². The lowest BCUT2D eigenvalue weighted by molar-refractivity contribution is 0.892. The first-order valence-corrected chi connectivity index (χ1v) is 8.03. The summed E-state index contributed by atoms with van der Waals surface area (Å²) in [4.78, 5) is 10.1. The number of nitrogens with zero attached hydrogens (tertiary/aromatic N) is 2. The van der Waals surface area contributed by atoms with Gasteiger partial charge in [-0.05, 0) is 41.9 Å². The van der Waals surface area contributed by atoms with Gasteiger partial charge in [-0.2, -0.15) is 0 Å². The van der Waals surface area contributed by atoms with E-state index in [0.717, 1.165) is 26.8 Å². The first kappa shape index (κ1) is 13.5.